The molecule has 2 unspecified atom stereocenters. The van der Waals surface area contributed by atoms with Crippen molar-refractivity contribution in [3.8, 4) is 5.75 Å². The smallest absolute Gasteiger partial charge is 0.119 e. The molecule has 0 bridgehead atoms. The topological polar surface area (TPSA) is 53.1 Å². The fourth-order valence-corrected chi connectivity index (χ4v) is 2.13. The second-order valence-corrected chi connectivity index (χ2v) is 4.66. The first kappa shape index (κ1) is 12.9. The molecule has 2 N–H and O–H groups in total. The van der Waals surface area contributed by atoms with Crippen molar-refractivity contribution in [2.24, 2.45) is 5.73 Å². The Kier molecular flexibility index (Phi) is 3.89. The third kappa shape index (κ3) is 2.66. The van der Waals surface area contributed by atoms with Crippen molar-refractivity contribution >= 4 is 11.6 Å². The number of methoxy groups -OCH3 is 1. The molecular weight excluding hydrogens is 250 g/mol. The van der Waals surface area contributed by atoms with Gasteiger partial charge in [-0.2, -0.15) is 5.10 Å². The van der Waals surface area contributed by atoms with Crippen molar-refractivity contribution in [3.05, 3.63) is 47.2 Å². The minimum atomic E-state index is -0.0897. The summed E-state index contributed by atoms with van der Waals surface area (Å²) in [7, 11) is 1.64. The predicted molar refractivity (Wildman–Crippen MR) is 72.0 cm³/mol. The van der Waals surface area contributed by atoms with Crippen LogP contribution in [0.15, 0.2) is 36.7 Å². The van der Waals surface area contributed by atoms with Crippen molar-refractivity contribution in [2.75, 3.05) is 7.11 Å². The van der Waals surface area contributed by atoms with E-state index in [1.807, 2.05) is 31.2 Å². The zero-order valence-electron chi connectivity index (χ0n) is 10.4. The molecule has 0 radical (unpaired) electrons. The Labute approximate surface area is 111 Å². The summed E-state index contributed by atoms with van der Waals surface area (Å²) in [5.41, 5.74) is 7.10. The highest BCUT2D eigenvalue weighted by Gasteiger charge is 2.19. The average molecular weight is 266 g/mol. The lowest BCUT2D eigenvalue weighted by Crippen LogP contribution is -2.30. The van der Waals surface area contributed by atoms with E-state index in [-0.39, 0.29) is 12.1 Å². The Morgan fingerprint density at radius 3 is 2.78 bits per heavy atom. The van der Waals surface area contributed by atoms with Gasteiger partial charge in [-0.05, 0) is 24.6 Å². The van der Waals surface area contributed by atoms with Crippen LogP contribution in [0.3, 0.4) is 0 Å². The first-order valence-electron chi connectivity index (χ1n) is 5.71. The van der Waals surface area contributed by atoms with E-state index in [4.69, 9.17) is 22.1 Å². The third-order valence-corrected chi connectivity index (χ3v) is 2.98. The van der Waals surface area contributed by atoms with Gasteiger partial charge in [0.1, 0.15) is 5.75 Å². The van der Waals surface area contributed by atoms with E-state index in [2.05, 4.69) is 5.10 Å². The summed E-state index contributed by atoms with van der Waals surface area (Å²) in [6.45, 7) is 1.94. The fourth-order valence-electron chi connectivity index (χ4n) is 1.99. The molecule has 0 aliphatic carbocycles. The summed E-state index contributed by atoms with van der Waals surface area (Å²) >= 11 is 5.91. The van der Waals surface area contributed by atoms with E-state index in [0.29, 0.717) is 5.02 Å². The zero-order valence-corrected chi connectivity index (χ0v) is 11.1. The lowest BCUT2D eigenvalue weighted by molar-refractivity contribution is 0.409. The minimum Gasteiger partial charge on any atom is -0.497 e. The second-order valence-electron chi connectivity index (χ2n) is 4.22. The van der Waals surface area contributed by atoms with Crippen molar-refractivity contribution < 1.29 is 4.74 Å². The maximum atomic E-state index is 6.06. The average Bonchev–Trinajstić information content (AvgIpc) is 2.75. The molecule has 96 valence electrons. The quantitative estimate of drug-likeness (QED) is 0.924. The lowest BCUT2D eigenvalue weighted by Gasteiger charge is -2.22. The van der Waals surface area contributed by atoms with Gasteiger partial charge in [-0.1, -0.05) is 23.7 Å². The predicted octanol–water partition coefficient (Wildman–Crippen LogP) is 2.48. The summed E-state index contributed by atoms with van der Waals surface area (Å²) < 4.78 is 7.01. The van der Waals surface area contributed by atoms with Crippen LogP contribution in [0, 0.1) is 0 Å². The molecule has 0 aliphatic rings. The maximum Gasteiger partial charge on any atom is 0.119 e. The number of benzene rings is 1. The van der Waals surface area contributed by atoms with Gasteiger partial charge in [0.25, 0.3) is 0 Å². The summed E-state index contributed by atoms with van der Waals surface area (Å²) in [5.74, 6) is 0.802. The lowest BCUT2D eigenvalue weighted by atomic mass is 10.0. The van der Waals surface area contributed by atoms with E-state index >= 15 is 0 Å². The molecule has 1 aromatic carbocycles. The molecule has 0 saturated heterocycles. The van der Waals surface area contributed by atoms with E-state index in [1.54, 1.807) is 24.2 Å². The van der Waals surface area contributed by atoms with Crippen LogP contribution < -0.4 is 10.5 Å². The molecule has 0 saturated carbocycles. The minimum absolute atomic E-state index is 0.0624. The number of aromatic nitrogens is 2. The van der Waals surface area contributed by atoms with Gasteiger partial charge in [0.05, 0.1) is 24.4 Å². The van der Waals surface area contributed by atoms with Gasteiger partial charge < -0.3 is 10.5 Å². The molecule has 2 rings (SSSR count). The van der Waals surface area contributed by atoms with Gasteiger partial charge in [0.2, 0.25) is 0 Å². The monoisotopic (exact) mass is 265 g/mol. The second kappa shape index (κ2) is 5.42. The molecule has 0 spiro atoms. The Bertz CT molecular complexity index is 524. The number of nitrogens with two attached hydrogens (primary N) is 1. The van der Waals surface area contributed by atoms with Gasteiger partial charge in [-0.25, -0.2) is 0 Å². The van der Waals surface area contributed by atoms with Crippen LogP contribution in [0.5, 0.6) is 5.75 Å². The summed E-state index contributed by atoms with van der Waals surface area (Å²) in [6, 6.07) is 7.66. The summed E-state index contributed by atoms with van der Waals surface area (Å²) in [5, 5.41) is 4.83. The number of halogens is 1. The number of rotatable bonds is 4. The molecule has 2 atom stereocenters. The van der Waals surface area contributed by atoms with E-state index < -0.39 is 0 Å². The molecule has 0 amide bonds. The van der Waals surface area contributed by atoms with Crippen LogP contribution in [-0.4, -0.2) is 22.9 Å². The van der Waals surface area contributed by atoms with Crippen LogP contribution in [0.1, 0.15) is 18.5 Å². The van der Waals surface area contributed by atoms with Gasteiger partial charge >= 0.3 is 0 Å². The summed E-state index contributed by atoms with van der Waals surface area (Å²) in [4.78, 5) is 0. The Morgan fingerprint density at radius 1 is 1.44 bits per heavy atom. The highest BCUT2D eigenvalue weighted by atomic mass is 35.5. The molecule has 1 aromatic heterocycles. The maximum absolute atomic E-state index is 6.06. The van der Waals surface area contributed by atoms with Gasteiger partial charge in [-0.15, -0.1) is 0 Å². The molecule has 18 heavy (non-hydrogen) atoms. The molecule has 4 nitrogen and oxygen atoms in total. The van der Waals surface area contributed by atoms with Crippen LogP contribution in [0.2, 0.25) is 5.02 Å². The Morgan fingerprint density at radius 2 is 2.22 bits per heavy atom. The standard InChI is InChI=1S/C13H16ClN3O/c1-9(15)13(17-8-11(14)7-16-17)10-4-3-5-12(6-10)18-2/h3-9,13H,15H2,1-2H3. The fraction of sp³-hybridized carbons (Fsp3) is 0.308. The third-order valence-electron chi connectivity index (χ3n) is 2.79. The van der Waals surface area contributed by atoms with Crippen LogP contribution in [0.25, 0.3) is 0 Å². The summed E-state index contributed by atoms with van der Waals surface area (Å²) in [6.07, 6.45) is 3.38. The van der Waals surface area contributed by atoms with Gasteiger partial charge in [-0.3, -0.25) is 4.68 Å². The molecule has 2 aromatic rings. The first-order chi connectivity index (χ1) is 8.61. The Balaban J connectivity index is 2.41. The molecule has 0 aliphatic heterocycles. The number of hydrogen-bond acceptors (Lipinski definition) is 3. The van der Waals surface area contributed by atoms with Crippen LogP contribution >= 0.6 is 11.6 Å². The van der Waals surface area contributed by atoms with Crippen LogP contribution in [0.4, 0.5) is 0 Å². The molecule has 0 fully saturated rings. The van der Waals surface area contributed by atoms with E-state index in [9.17, 15) is 0 Å². The Hall–Kier alpha value is -1.52. The zero-order chi connectivity index (χ0) is 13.1. The van der Waals surface area contributed by atoms with Crippen LogP contribution in [-0.2, 0) is 0 Å². The SMILES string of the molecule is COc1cccc(C(C(C)N)n2cc(Cl)cn2)c1. The highest BCUT2D eigenvalue weighted by Crippen LogP contribution is 2.25. The number of ether oxygens (including phenoxy) is 1. The molecule has 5 heteroatoms. The van der Waals surface area contributed by atoms with E-state index in [0.717, 1.165) is 11.3 Å². The molecular formula is C13H16ClN3O. The number of hydrogen-bond donors (Lipinski definition) is 1. The van der Waals surface area contributed by atoms with E-state index in [1.165, 1.54) is 0 Å². The normalized spacial score (nSPS) is 14.2. The van der Waals surface area contributed by atoms with Gasteiger partial charge in [0, 0.05) is 12.2 Å². The van der Waals surface area contributed by atoms with Crippen molar-refractivity contribution in [3.63, 3.8) is 0 Å². The van der Waals surface area contributed by atoms with Crippen molar-refractivity contribution in [1.29, 1.82) is 0 Å². The largest absolute Gasteiger partial charge is 0.497 e. The number of nitrogens with zero attached hydrogens (tertiary/aromatic N) is 2. The van der Waals surface area contributed by atoms with Crippen molar-refractivity contribution in [2.45, 2.75) is 19.0 Å². The van der Waals surface area contributed by atoms with Gasteiger partial charge in [0.15, 0.2) is 0 Å². The first-order valence-corrected chi connectivity index (χ1v) is 6.09. The molecule has 1 heterocycles. The highest BCUT2D eigenvalue weighted by molar-refractivity contribution is 6.30. The van der Waals surface area contributed by atoms with Crippen molar-refractivity contribution in [1.82, 2.24) is 9.78 Å².